The van der Waals surface area contributed by atoms with Gasteiger partial charge in [-0.1, -0.05) is 18.2 Å². The Bertz CT molecular complexity index is 1070. The van der Waals surface area contributed by atoms with Gasteiger partial charge in [0.15, 0.2) is 11.6 Å². The number of anilines is 1. The minimum Gasteiger partial charge on any atom is -0.482 e. The van der Waals surface area contributed by atoms with Crippen LogP contribution in [0.25, 0.3) is 5.57 Å². The summed E-state index contributed by atoms with van der Waals surface area (Å²) in [5.74, 6) is 0.328. The Morgan fingerprint density at radius 1 is 1.38 bits per heavy atom. The first-order valence-electron chi connectivity index (χ1n) is 9.00. The number of carbonyl (C=O) groups excluding carboxylic acids is 1. The van der Waals surface area contributed by atoms with E-state index in [0.29, 0.717) is 28.1 Å². The number of nitriles is 1. The largest absolute Gasteiger partial charge is 0.482 e. The molecule has 2 bridgehead atoms. The summed E-state index contributed by atoms with van der Waals surface area (Å²) in [5.41, 5.74) is 15.0. The highest BCUT2D eigenvalue weighted by Crippen LogP contribution is 2.32. The number of nitrogens with zero attached hydrogens (tertiary/aromatic N) is 4. The molecule has 0 saturated heterocycles. The van der Waals surface area contributed by atoms with Gasteiger partial charge in [-0.15, -0.1) is 0 Å². The first-order valence-corrected chi connectivity index (χ1v) is 9.00. The predicted molar refractivity (Wildman–Crippen MR) is 111 cm³/mol. The highest BCUT2D eigenvalue weighted by atomic mass is 16.5. The summed E-state index contributed by atoms with van der Waals surface area (Å²) < 4.78 is 6.05. The second-order valence-corrected chi connectivity index (χ2v) is 6.70. The van der Waals surface area contributed by atoms with Gasteiger partial charge in [-0.3, -0.25) is 9.79 Å². The summed E-state index contributed by atoms with van der Waals surface area (Å²) >= 11 is 0. The lowest BCUT2D eigenvalue weighted by Gasteiger charge is -2.25. The van der Waals surface area contributed by atoms with E-state index in [9.17, 15) is 10.1 Å². The maximum Gasteiger partial charge on any atom is 0.254 e. The van der Waals surface area contributed by atoms with Crippen molar-refractivity contribution in [3.63, 3.8) is 0 Å². The van der Waals surface area contributed by atoms with Crippen molar-refractivity contribution >= 4 is 23.0 Å². The fraction of sp³-hybridized carbons (Fsp3) is 0.238. The number of nitrogens with two attached hydrogens (primary N) is 2. The number of aromatic nitrogens is 1. The fourth-order valence-corrected chi connectivity index (χ4v) is 3.29. The number of aliphatic imine (C=N–C) groups is 1. The van der Waals surface area contributed by atoms with Crippen LogP contribution in [0.1, 0.15) is 34.5 Å². The van der Waals surface area contributed by atoms with Crippen LogP contribution < -0.4 is 16.2 Å². The average Bonchev–Trinajstić information content (AvgIpc) is 2.72. The second-order valence-electron chi connectivity index (χ2n) is 6.70. The van der Waals surface area contributed by atoms with Crippen LogP contribution in [0.5, 0.6) is 5.75 Å². The smallest absolute Gasteiger partial charge is 0.254 e. The maximum absolute atomic E-state index is 13.1. The molecule has 148 valence electrons. The van der Waals surface area contributed by atoms with E-state index in [4.69, 9.17) is 16.2 Å². The van der Waals surface area contributed by atoms with Crippen LogP contribution in [-0.2, 0) is 0 Å². The lowest BCUT2D eigenvalue weighted by atomic mass is 9.98. The fourth-order valence-electron chi connectivity index (χ4n) is 3.29. The number of hydrogen-bond acceptors (Lipinski definition) is 7. The molecule has 0 aliphatic carbocycles. The number of carbonyl (C=O) groups is 1. The van der Waals surface area contributed by atoms with E-state index in [0.717, 1.165) is 5.56 Å². The van der Waals surface area contributed by atoms with Crippen molar-refractivity contribution < 1.29 is 9.53 Å². The van der Waals surface area contributed by atoms with E-state index in [2.05, 4.69) is 9.98 Å². The number of benzene rings is 1. The lowest BCUT2D eigenvalue weighted by molar-refractivity contribution is 0.0801. The van der Waals surface area contributed by atoms with Crippen molar-refractivity contribution in [3.05, 3.63) is 58.9 Å². The van der Waals surface area contributed by atoms with Crippen molar-refractivity contribution in [2.24, 2.45) is 10.7 Å². The van der Waals surface area contributed by atoms with Gasteiger partial charge in [0.1, 0.15) is 17.9 Å². The normalized spacial score (nSPS) is 20.1. The molecule has 2 heterocycles. The molecule has 1 amide bonds. The Balaban J connectivity index is 2.28. The Hall–Kier alpha value is -3.86. The molecule has 1 aromatic heterocycles. The van der Waals surface area contributed by atoms with Crippen molar-refractivity contribution in [1.82, 2.24) is 9.88 Å². The van der Waals surface area contributed by atoms with Crippen LogP contribution in [0.3, 0.4) is 0 Å². The molecule has 29 heavy (non-hydrogen) atoms. The highest BCUT2D eigenvalue weighted by molar-refractivity contribution is 6.32. The van der Waals surface area contributed by atoms with E-state index in [-0.39, 0.29) is 24.0 Å². The summed E-state index contributed by atoms with van der Waals surface area (Å²) in [6.45, 7) is 1.95. The molecule has 1 atom stereocenters. The third-order valence-electron chi connectivity index (χ3n) is 4.74. The van der Waals surface area contributed by atoms with Crippen molar-refractivity contribution in [2.45, 2.75) is 13.0 Å². The summed E-state index contributed by atoms with van der Waals surface area (Å²) in [6.07, 6.45) is 1.06. The van der Waals surface area contributed by atoms with Crippen molar-refractivity contribution in [1.29, 1.82) is 5.26 Å². The molecule has 1 unspecified atom stereocenters. The van der Waals surface area contributed by atoms with Gasteiger partial charge in [0.2, 0.25) is 0 Å². The maximum atomic E-state index is 13.1. The molecule has 0 radical (unpaired) electrons. The third-order valence-corrected chi connectivity index (χ3v) is 4.74. The number of amides is 1. The SMILES string of the molecule is CN=C(C#N)/C1=C(\N)CN(C)C(=O)c2ccccc2C(C)Oc2cc1cnc2N. The second kappa shape index (κ2) is 8.02. The molecular formula is C21H22N6O2. The van der Waals surface area contributed by atoms with Crippen LogP contribution in [0.15, 0.2) is 47.2 Å². The molecule has 1 aromatic carbocycles. The van der Waals surface area contributed by atoms with E-state index in [1.165, 1.54) is 18.1 Å². The van der Waals surface area contributed by atoms with Crippen LogP contribution in [0, 0.1) is 11.3 Å². The zero-order valence-corrected chi connectivity index (χ0v) is 16.5. The number of likely N-dealkylation sites (N-methyl/N-ethyl adjacent to an activating group) is 1. The minimum absolute atomic E-state index is 0.109. The van der Waals surface area contributed by atoms with Crippen LogP contribution in [0.4, 0.5) is 5.82 Å². The topological polar surface area (TPSA) is 131 Å². The molecule has 1 aliphatic heterocycles. The number of fused-ring (bicyclic) bond motifs is 3. The van der Waals surface area contributed by atoms with Gasteiger partial charge in [-0.2, -0.15) is 5.26 Å². The standard InChI is InChI=1S/C21H22N6O2/c1-12-14-6-4-5-7-15(14)21(28)27(3)11-16(23)19(17(9-22)25-2)13-8-18(29-12)20(24)26-10-13/h4-8,10,12H,11,23H2,1-3H3,(H2,24,26)/b19-16-,25-17?. The van der Waals surface area contributed by atoms with Crippen molar-refractivity contribution in [2.75, 3.05) is 26.4 Å². The zero-order valence-electron chi connectivity index (χ0n) is 16.5. The average molecular weight is 390 g/mol. The zero-order chi connectivity index (χ0) is 21.1. The highest BCUT2D eigenvalue weighted by Gasteiger charge is 2.24. The van der Waals surface area contributed by atoms with E-state index >= 15 is 0 Å². The Morgan fingerprint density at radius 2 is 2.10 bits per heavy atom. The molecular weight excluding hydrogens is 368 g/mol. The first-order chi connectivity index (χ1) is 13.9. The quantitative estimate of drug-likeness (QED) is 0.718. The molecule has 0 fully saturated rings. The van der Waals surface area contributed by atoms with Crippen LogP contribution >= 0.6 is 0 Å². The van der Waals surface area contributed by atoms with Gasteiger partial charge in [0.25, 0.3) is 5.91 Å². The predicted octanol–water partition coefficient (Wildman–Crippen LogP) is 2.15. The number of nitrogen functional groups attached to an aromatic ring is 1. The molecule has 0 saturated carbocycles. The third kappa shape index (κ3) is 3.75. The summed E-state index contributed by atoms with van der Waals surface area (Å²) in [4.78, 5) is 22.8. The molecule has 1 aliphatic rings. The van der Waals surface area contributed by atoms with Gasteiger partial charge >= 0.3 is 0 Å². The van der Waals surface area contributed by atoms with Crippen molar-refractivity contribution in [3.8, 4) is 11.8 Å². The Kier molecular flexibility index (Phi) is 5.50. The van der Waals surface area contributed by atoms with Gasteiger partial charge in [-0.25, -0.2) is 4.98 Å². The number of rotatable bonds is 1. The molecule has 3 rings (SSSR count). The summed E-state index contributed by atoms with van der Waals surface area (Å²) in [5, 5.41) is 9.53. The van der Waals surface area contributed by atoms with Crippen LogP contribution in [0.2, 0.25) is 0 Å². The molecule has 0 spiro atoms. The first kappa shape index (κ1) is 19.9. The molecule has 8 heteroatoms. The molecule has 8 nitrogen and oxygen atoms in total. The van der Waals surface area contributed by atoms with E-state index in [1.807, 2.05) is 25.1 Å². The van der Waals surface area contributed by atoms with E-state index < -0.39 is 6.10 Å². The van der Waals surface area contributed by atoms with Gasteiger partial charge in [-0.05, 0) is 19.1 Å². The van der Waals surface area contributed by atoms with Gasteiger partial charge in [0, 0.05) is 48.3 Å². The summed E-state index contributed by atoms with van der Waals surface area (Å²) in [7, 11) is 3.16. The van der Waals surface area contributed by atoms with Crippen LogP contribution in [-0.4, -0.2) is 42.1 Å². The Morgan fingerprint density at radius 3 is 2.79 bits per heavy atom. The number of hydrogen-bond donors (Lipinski definition) is 2. The molecule has 2 aromatic rings. The lowest BCUT2D eigenvalue weighted by Crippen LogP contribution is -2.33. The number of allylic oxidation sites excluding steroid dienone is 1. The monoisotopic (exact) mass is 390 g/mol. The molecule has 4 N–H and O–H groups in total. The summed E-state index contributed by atoms with van der Waals surface area (Å²) in [6, 6.07) is 11.0. The van der Waals surface area contributed by atoms with Gasteiger partial charge < -0.3 is 21.1 Å². The van der Waals surface area contributed by atoms with Gasteiger partial charge in [0.05, 0.1) is 6.54 Å². The van der Waals surface area contributed by atoms with E-state index in [1.54, 1.807) is 25.2 Å². The minimum atomic E-state index is -0.456. The number of ether oxygens (including phenoxy) is 1. The Labute approximate surface area is 169 Å². The number of pyridine rings is 1.